The Hall–Kier alpha value is -4.11. The van der Waals surface area contributed by atoms with Gasteiger partial charge in [0, 0.05) is 29.3 Å². The molecule has 1 aliphatic heterocycles. The van der Waals surface area contributed by atoms with Crippen molar-refractivity contribution in [1.82, 2.24) is 9.29 Å². The van der Waals surface area contributed by atoms with Crippen molar-refractivity contribution in [2.75, 3.05) is 5.32 Å². The second-order valence-corrected chi connectivity index (χ2v) is 11.7. The zero-order valence-electron chi connectivity index (χ0n) is 21.4. The minimum Gasteiger partial charge on any atom is -0.445 e. The first-order valence-electron chi connectivity index (χ1n) is 12.3. The molecule has 1 aromatic heterocycles. The van der Waals surface area contributed by atoms with Gasteiger partial charge >= 0.3 is 6.09 Å². The number of rotatable bonds is 6. The summed E-state index contributed by atoms with van der Waals surface area (Å²) in [4.78, 5) is 25.6. The summed E-state index contributed by atoms with van der Waals surface area (Å²) < 4.78 is 33.6. The van der Waals surface area contributed by atoms with Crippen molar-refractivity contribution in [3.05, 3.63) is 95.7 Å². The van der Waals surface area contributed by atoms with E-state index in [1.807, 2.05) is 37.3 Å². The van der Waals surface area contributed by atoms with Crippen molar-refractivity contribution >= 4 is 38.5 Å². The van der Waals surface area contributed by atoms with Crippen LogP contribution in [0.15, 0.2) is 83.9 Å². The predicted molar refractivity (Wildman–Crippen MR) is 146 cm³/mol. The molecule has 2 N–H and O–H groups in total. The van der Waals surface area contributed by atoms with E-state index in [9.17, 15) is 18.0 Å². The van der Waals surface area contributed by atoms with Crippen LogP contribution >= 0.6 is 0 Å². The summed E-state index contributed by atoms with van der Waals surface area (Å²) in [6.07, 6.45) is 1.16. The number of nitrogens with zero attached hydrogens (tertiary/aromatic N) is 1. The van der Waals surface area contributed by atoms with E-state index < -0.39 is 27.7 Å². The Balaban J connectivity index is 1.53. The van der Waals surface area contributed by atoms with E-state index >= 15 is 0 Å². The van der Waals surface area contributed by atoms with E-state index in [-0.39, 0.29) is 23.7 Å². The maximum absolute atomic E-state index is 13.5. The maximum atomic E-state index is 13.5. The molecule has 0 saturated carbocycles. The van der Waals surface area contributed by atoms with Crippen molar-refractivity contribution in [3.63, 3.8) is 0 Å². The maximum Gasteiger partial charge on any atom is 0.407 e. The van der Waals surface area contributed by atoms with E-state index in [1.165, 1.54) is 17.1 Å². The van der Waals surface area contributed by atoms with Crippen molar-refractivity contribution in [2.45, 2.75) is 50.3 Å². The molecule has 4 aromatic rings. The molecule has 1 amide bonds. The Morgan fingerprint density at radius 3 is 2.45 bits per heavy atom. The van der Waals surface area contributed by atoms with Gasteiger partial charge in [-0.1, -0.05) is 48.0 Å². The third-order valence-electron chi connectivity index (χ3n) is 7.11. The molecule has 38 heavy (non-hydrogen) atoms. The minimum absolute atomic E-state index is 0.0766. The normalized spacial score (nSPS) is 18.9. The predicted octanol–water partition coefficient (Wildman–Crippen LogP) is 5.32. The Kier molecular flexibility index (Phi) is 6.48. The molecule has 5 rings (SSSR count). The van der Waals surface area contributed by atoms with E-state index in [4.69, 9.17) is 4.74 Å². The second-order valence-electron chi connectivity index (χ2n) is 9.87. The van der Waals surface area contributed by atoms with Crippen LogP contribution < -0.4 is 10.6 Å². The molecular formula is C29H29N3O5S. The fourth-order valence-electron chi connectivity index (χ4n) is 4.85. The molecule has 0 aliphatic carbocycles. The molecule has 8 nitrogen and oxygen atoms in total. The van der Waals surface area contributed by atoms with Gasteiger partial charge in [0.15, 0.2) is 5.78 Å². The molecule has 3 aromatic carbocycles. The van der Waals surface area contributed by atoms with Gasteiger partial charge in [-0.05, 0) is 56.7 Å². The van der Waals surface area contributed by atoms with Gasteiger partial charge in [0.1, 0.15) is 6.61 Å². The number of ether oxygens (including phenoxy) is 1. The molecule has 0 saturated heterocycles. The number of benzene rings is 3. The number of aryl methyl sites for hydroxylation is 1. The minimum atomic E-state index is -3.85. The molecule has 2 heterocycles. The number of nitrogens with one attached hydrogen (secondary N) is 2. The SMILES string of the molecule is CC(=O)C1(C)CC(NC(=O)OCc2ccccc2)c2c(ccc3c2ccn3S(=O)(=O)c2ccc(C)cc2)N1. The van der Waals surface area contributed by atoms with E-state index in [0.717, 1.165) is 11.1 Å². The first-order valence-corrected chi connectivity index (χ1v) is 13.8. The van der Waals surface area contributed by atoms with Crippen molar-refractivity contribution in [1.29, 1.82) is 0 Å². The number of carbonyl (C=O) groups is 2. The Bertz CT molecular complexity index is 1630. The highest BCUT2D eigenvalue weighted by Gasteiger charge is 2.40. The number of fused-ring (bicyclic) bond motifs is 3. The lowest BCUT2D eigenvalue weighted by Gasteiger charge is -2.40. The van der Waals surface area contributed by atoms with E-state index in [2.05, 4.69) is 10.6 Å². The van der Waals surface area contributed by atoms with Gasteiger partial charge in [-0.3, -0.25) is 4.79 Å². The third-order valence-corrected chi connectivity index (χ3v) is 8.81. The molecular weight excluding hydrogens is 502 g/mol. The average molecular weight is 532 g/mol. The van der Waals surface area contributed by atoms with E-state index in [0.29, 0.717) is 22.2 Å². The average Bonchev–Trinajstić information content (AvgIpc) is 3.33. The quantitative estimate of drug-likeness (QED) is 0.349. The Morgan fingerprint density at radius 1 is 1.05 bits per heavy atom. The smallest absolute Gasteiger partial charge is 0.407 e. The van der Waals surface area contributed by atoms with Crippen LogP contribution in [0.2, 0.25) is 0 Å². The zero-order chi connectivity index (χ0) is 27.1. The molecule has 196 valence electrons. The number of ketones is 1. The standard InChI is InChI=1S/C29H29N3O5S/c1-19-9-11-22(12-10-19)38(35,36)32-16-15-23-26(32)14-13-24-27(23)25(17-29(3,31-24)20(2)33)30-28(34)37-18-21-7-5-4-6-8-21/h4-16,25,31H,17-18H2,1-3H3,(H,30,34). The number of Topliss-reactive ketones (excluding diaryl/α,β-unsaturated/α-hetero) is 1. The molecule has 0 spiro atoms. The lowest BCUT2D eigenvalue weighted by atomic mass is 9.80. The number of hydrogen-bond acceptors (Lipinski definition) is 6. The fraction of sp³-hybridized carbons (Fsp3) is 0.241. The number of hydrogen-bond donors (Lipinski definition) is 2. The van der Waals surface area contributed by atoms with Crippen LogP contribution in [0.5, 0.6) is 0 Å². The highest BCUT2D eigenvalue weighted by Crippen LogP contribution is 2.42. The van der Waals surface area contributed by atoms with Crippen LogP contribution in [0.3, 0.4) is 0 Å². The number of aromatic nitrogens is 1. The Morgan fingerprint density at radius 2 is 1.76 bits per heavy atom. The first kappa shape index (κ1) is 25.5. The highest BCUT2D eigenvalue weighted by molar-refractivity contribution is 7.90. The fourth-order valence-corrected chi connectivity index (χ4v) is 6.20. The van der Waals surface area contributed by atoms with E-state index in [1.54, 1.807) is 49.4 Å². The van der Waals surface area contributed by atoms with Crippen LogP contribution in [0.25, 0.3) is 10.9 Å². The van der Waals surface area contributed by atoms with Crippen molar-refractivity contribution in [3.8, 4) is 0 Å². The second kappa shape index (κ2) is 9.64. The summed E-state index contributed by atoms with van der Waals surface area (Å²) in [7, 11) is -3.85. The summed E-state index contributed by atoms with van der Waals surface area (Å²) >= 11 is 0. The molecule has 9 heteroatoms. The van der Waals surface area contributed by atoms with Gasteiger partial charge in [-0.25, -0.2) is 17.2 Å². The zero-order valence-corrected chi connectivity index (χ0v) is 22.2. The molecule has 0 bridgehead atoms. The number of amides is 1. The molecule has 2 atom stereocenters. The van der Waals surface area contributed by atoms with Crippen LogP contribution in [-0.4, -0.2) is 29.8 Å². The largest absolute Gasteiger partial charge is 0.445 e. The topological polar surface area (TPSA) is 106 Å². The van der Waals surface area contributed by atoms with Gasteiger partial charge < -0.3 is 15.4 Å². The summed E-state index contributed by atoms with van der Waals surface area (Å²) in [5.74, 6) is -0.0766. The Labute approximate surface area is 221 Å². The summed E-state index contributed by atoms with van der Waals surface area (Å²) in [5, 5.41) is 6.89. The van der Waals surface area contributed by atoms with Gasteiger partial charge in [0.25, 0.3) is 10.0 Å². The lowest BCUT2D eigenvalue weighted by Crippen LogP contribution is -2.49. The molecule has 0 radical (unpaired) electrons. The van der Waals surface area contributed by atoms with Gasteiger partial charge in [0.2, 0.25) is 0 Å². The van der Waals surface area contributed by atoms with Crippen molar-refractivity contribution < 1.29 is 22.7 Å². The molecule has 2 unspecified atom stereocenters. The summed E-state index contributed by atoms with van der Waals surface area (Å²) in [5.41, 5.74) is 2.72. The monoisotopic (exact) mass is 531 g/mol. The lowest BCUT2D eigenvalue weighted by molar-refractivity contribution is -0.121. The first-order chi connectivity index (χ1) is 18.1. The van der Waals surface area contributed by atoms with Gasteiger partial charge in [-0.2, -0.15) is 0 Å². The third kappa shape index (κ3) is 4.65. The highest BCUT2D eigenvalue weighted by atomic mass is 32.2. The van der Waals surface area contributed by atoms with Gasteiger partial charge in [0.05, 0.1) is 22.0 Å². The van der Waals surface area contributed by atoms with Crippen LogP contribution in [0, 0.1) is 6.92 Å². The van der Waals surface area contributed by atoms with Crippen LogP contribution in [0.1, 0.15) is 43.0 Å². The number of carbonyl (C=O) groups excluding carboxylic acids is 2. The van der Waals surface area contributed by atoms with Gasteiger partial charge in [-0.15, -0.1) is 0 Å². The summed E-state index contributed by atoms with van der Waals surface area (Å²) in [6.45, 7) is 5.29. The molecule has 1 aliphatic rings. The number of anilines is 1. The van der Waals surface area contributed by atoms with Crippen molar-refractivity contribution in [2.24, 2.45) is 0 Å². The van der Waals surface area contributed by atoms with Crippen LogP contribution in [-0.2, 0) is 26.2 Å². The summed E-state index contributed by atoms with van der Waals surface area (Å²) in [6, 6.07) is 20.6. The molecule has 0 fully saturated rings. The van der Waals surface area contributed by atoms with Crippen LogP contribution in [0.4, 0.5) is 10.5 Å². The number of alkyl carbamates (subject to hydrolysis) is 1.